The first-order chi connectivity index (χ1) is 12.3. The predicted octanol–water partition coefficient (Wildman–Crippen LogP) is 5.11. The zero-order chi connectivity index (χ0) is 18.8. The molecule has 26 heavy (non-hydrogen) atoms. The summed E-state index contributed by atoms with van der Waals surface area (Å²) in [6.45, 7) is 0.107. The number of esters is 1. The van der Waals surface area contributed by atoms with Gasteiger partial charge in [0.2, 0.25) is 0 Å². The molecule has 0 unspecified atom stereocenters. The van der Waals surface area contributed by atoms with Crippen molar-refractivity contribution in [3.05, 3.63) is 66.6 Å². The van der Waals surface area contributed by atoms with E-state index in [9.17, 15) is 9.59 Å². The largest absolute Gasteiger partial charge is 0.423 e. The SMILES string of the molecule is O=C(CCn1cnc2ccc(Br)cc2c1=O)Oc1c(Cl)cc(Cl)cc1Cl. The molecule has 0 amide bonds. The lowest BCUT2D eigenvalue weighted by atomic mass is 10.2. The first-order valence-corrected chi connectivity index (χ1v) is 9.28. The number of ether oxygens (including phenoxy) is 1. The molecule has 0 bridgehead atoms. The van der Waals surface area contributed by atoms with E-state index in [2.05, 4.69) is 20.9 Å². The van der Waals surface area contributed by atoms with Crippen molar-refractivity contribution in [2.45, 2.75) is 13.0 Å². The van der Waals surface area contributed by atoms with Crippen molar-refractivity contribution in [3.63, 3.8) is 0 Å². The van der Waals surface area contributed by atoms with E-state index in [1.165, 1.54) is 23.0 Å². The highest BCUT2D eigenvalue weighted by Crippen LogP contribution is 2.36. The fraction of sp³-hybridized carbons (Fsp3) is 0.118. The minimum atomic E-state index is -0.586. The van der Waals surface area contributed by atoms with E-state index in [1.807, 2.05) is 0 Å². The molecule has 0 radical (unpaired) electrons. The van der Waals surface area contributed by atoms with Gasteiger partial charge in [0.1, 0.15) is 0 Å². The van der Waals surface area contributed by atoms with Crippen LogP contribution in [0.2, 0.25) is 15.1 Å². The maximum absolute atomic E-state index is 12.5. The van der Waals surface area contributed by atoms with Gasteiger partial charge in [0.15, 0.2) is 5.75 Å². The van der Waals surface area contributed by atoms with Gasteiger partial charge in [-0.3, -0.25) is 14.2 Å². The van der Waals surface area contributed by atoms with Crippen LogP contribution in [0.4, 0.5) is 0 Å². The fourth-order valence-electron chi connectivity index (χ4n) is 2.29. The number of aryl methyl sites for hydroxylation is 1. The molecule has 0 saturated heterocycles. The number of hydrogen-bond acceptors (Lipinski definition) is 4. The average Bonchev–Trinajstić information content (AvgIpc) is 2.58. The van der Waals surface area contributed by atoms with Crippen molar-refractivity contribution < 1.29 is 9.53 Å². The van der Waals surface area contributed by atoms with Gasteiger partial charge in [-0.1, -0.05) is 50.7 Å². The lowest BCUT2D eigenvalue weighted by Gasteiger charge is -2.10. The predicted molar refractivity (Wildman–Crippen MR) is 105 cm³/mol. The van der Waals surface area contributed by atoms with Crippen LogP contribution in [0.1, 0.15) is 6.42 Å². The smallest absolute Gasteiger partial charge is 0.313 e. The lowest BCUT2D eigenvalue weighted by Crippen LogP contribution is -2.23. The molecule has 1 heterocycles. The van der Waals surface area contributed by atoms with Crippen LogP contribution in [0.25, 0.3) is 10.9 Å². The third-order valence-electron chi connectivity index (χ3n) is 3.52. The zero-order valence-corrected chi connectivity index (χ0v) is 16.9. The van der Waals surface area contributed by atoms with Crippen LogP contribution in [0.15, 0.2) is 45.9 Å². The number of aromatic nitrogens is 2. The van der Waals surface area contributed by atoms with E-state index < -0.39 is 5.97 Å². The van der Waals surface area contributed by atoms with Gasteiger partial charge in [-0.15, -0.1) is 0 Å². The van der Waals surface area contributed by atoms with Gasteiger partial charge >= 0.3 is 5.97 Å². The van der Waals surface area contributed by atoms with Gasteiger partial charge in [-0.05, 0) is 30.3 Å². The molecule has 2 aromatic carbocycles. The van der Waals surface area contributed by atoms with Crippen molar-refractivity contribution in [1.82, 2.24) is 9.55 Å². The number of fused-ring (bicyclic) bond motifs is 1. The van der Waals surface area contributed by atoms with Crippen LogP contribution < -0.4 is 10.3 Å². The minimum Gasteiger partial charge on any atom is -0.423 e. The van der Waals surface area contributed by atoms with E-state index in [1.54, 1.807) is 18.2 Å². The van der Waals surface area contributed by atoms with E-state index in [0.717, 1.165) is 4.47 Å². The topological polar surface area (TPSA) is 61.2 Å². The Labute approximate surface area is 171 Å². The Hall–Kier alpha value is -1.60. The molecule has 3 rings (SSSR count). The van der Waals surface area contributed by atoms with Crippen LogP contribution in [0.5, 0.6) is 5.75 Å². The van der Waals surface area contributed by atoms with Crippen molar-refractivity contribution >= 4 is 67.6 Å². The van der Waals surface area contributed by atoms with Crippen LogP contribution >= 0.6 is 50.7 Å². The third kappa shape index (κ3) is 4.20. The van der Waals surface area contributed by atoms with Gasteiger partial charge in [0.05, 0.1) is 33.7 Å². The number of rotatable bonds is 4. The number of carbonyl (C=O) groups is 1. The molecular formula is C17H10BrCl3N2O3. The minimum absolute atomic E-state index is 0.0376. The van der Waals surface area contributed by atoms with Gasteiger partial charge < -0.3 is 4.74 Å². The highest BCUT2D eigenvalue weighted by Gasteiger charge is 2.14. The number of hydrogen-bond donors (Lipinski definition) is 0. The van der Waals surface area contributed by atoms with Gasteiger partial charge in [-0.2, -0.15) is 0 Å². The van der Waals surface area contributed by atoms with E-state index in [4.69, 9.17) is 39.5 Å². The Balaban J connectivity index is 1.75. The molecule has 0 saturated carbocycles. The number of carbonyl (C=O) groups excluding carboxylic acids is 1. The van der Waals surface area contributed by atoms with E-state index >= 15 is 0 Å². The quantitative estimate of drug-likeness (QED) is 0.388. The lowest BCUT2D eigenvalue weighted by molar-refractivity contribution is -0.134. The van der Waals surface area contributed by atoms with Crippen LogP contribution in [-0.4, -0.2) is 15.5 Å². The summed E-state index contributed by atoms with van der Waals surface area (Å²) in [5, 5.41) is 1.05. The molecule has 0 aliphatic carbocycles. The molecular weight excluding hydrogens is 466 g/mol. The summed E-state index contributed by atoms with van der Waals surface area (Å²) in [7, 11) is 0. The first kappa shape index (κ1) is 19.2. The second kappa shape index (κ2) is 7.96. The van der Waals surface area contributed by atoms with Crippen LogP contribution in [0, 0.1) is 0 Å². The van der Waals surface area contributed by atoms with Crippen molar-refractivity contribution in [1.29, 1.82) is 0 Å². The number of benzene rings is 2. The average molecular weight is 477 g/mol. The molecule has 9 heteroatoms. The Bertz CT molecular complexity index is 1050. The summed E-state index contributed by atoms with van der Waals surface area (Å²) >= 11 is 21.1. The maximum atomic E-state index is 12.5. The monoisotopic (exact) mass is 474 g/mol. The summed E-state index contributed by atoms with van der Waals surface area (Å²) in [5.41, 5.74) is 0.336. The van der Waals surface area contributed by atoms with Crippen LogP contribution in [0.3, 0.4) is 0 Å². The summed E-state index contributed by atoms with van der Waals surface area (Å²) in [6, 6.07) is 8.08. The molecule has 0 spiro atoms. The summed E-state index contributed by atoms with van der Waals surface area (Å²) in [5.74, 6) is -0.548. The molecule has 1 aromatic heterocycles. The Morgan fingerprint density at radius 2 is 1.85 bits per heavy atom. The molecule has 3 aromatic rings. The van der Waals surface area contributed by atoms with Crippen molar-refractivity contribution in [2.24, 2.45) is 0 Å². The molecule has 0 fully saturated rings. The third-order valence-corrected chi connectivity index (χ3v) is 4.79. The second-order valence-electron chi connectivity index (χ2n) is 5.33. The zero-order valence-electron chi connectivity index (χ0n) is 13.0. The van der Waals surface area contributed by atoms with Crippen molar-refractivity contribution in [3.8, 4) is 5.75 Å². The molecule has 0 aliphatic rings. The Kier molecular flexibility index (Phi) is 5.87. The summed E-state index contributed by atoms with van der Waals surface area (Å²) in [4.78, 5) is 28.8. The second-order valence-corrected chi connectivity index (χ2v) is 7.49. The molecule has 0 N–H and O–H groups in total. The Morgan fingerprint density at radius 1 is 1.15 bits per heavy atom. The van der Waals surface area contributed by atoms with Gasteiger partial charge in [-0.25, -0.2) is 4.98 Å². The van der Waals surface area contributed by atoms with E-state index in [0.29, 0.717) is 15.9 Å². The molecule has 134 valence electrons. The van der Waals surface area contributed by atoms with Crippen molar-refractivity contribution in [2.75, 3.05) is 0 Å². The van der Waals surface area contributed by atoms with E-state index in [-0.39, 0.29) is 34.3 Å². The highest BCUT2D eigenvalue weighted by molar-refractivity contribution is 9.10. The Morgan fingerprint density at radius 3 is 2.54 bits per heavy atom. The summed E-state index contributed by atoms with van der Waals surface area (Å²) < 4.78 is 7.31. The number of nitrogens with zero attached hydrogens (tertiary/aromatic N) is 2. The van der Waals surface area contributed by atoms with Crippen LogP contribution in [-0.2, 0) is 11.3 Å². The van der Waals surface area contributed by atoms with Gasteiger partial charge in [0, 0.05) is 16.0 Å². The molecule has 0 atom stereocenters. The first-order valence-electron chi connectivity index (χ1n) is 7.35. The van der Waals surface area contributed by atoms with Gasteiger partial charge in [0.25, 0.3) is 5.56 Å². The standard InChI is InChI=1S/C17H10BrCl3N2O3/c18-9-1-2-14-11(5-9)17(25)23(8-22-14)4-3-15(24)26-16-12(20)6-10(19)7-13(16)21/h1-2,5-8H,3-4H2. The maximum Gasteiger partial charge on any atom is 0.313 e. The fourth-order valence-corrected chi connectivity index (χ4v) is 3.55. The normalized spacial score (nSPS) is 10.9. The summed E-state index contributed by atoms with van der Waals surface area (Å²) in [6.07, 6.45) is 1.34. The molecule has 0 aliphatic heterocycles. The molecule has 5 nitrogen and oxygen atoms in total. The number of halogens is 4. The highest BCUT2D eigenvalue weighted by atomic mass is 79.9.